The van der Waals surface area contributed by atoms with Gasteiger partial charge in [-0.05, 0) is 94.8 Å². The first-order valence-electron chi connectivity index (χ1n) is 28.9. The van der Waals surface area contributed by atoms with Crippen molar-refractivity contribution in [3.63, 3.8) is 0 Å². The minimum atomic E-state index is -1.27. The van der Waals surface area contributed by atoms with E-state index in [1.54, 1.807) is 76.0 Å². The number of hydrogen-bond donors (Lipinski definition) is 5. The average Bonchev–Trinajstić information content (AvgIpc) is 4.24. The third-order valence-electron chi connectivity index (χ3n) is 17.3. The van der Waals surface area contributed by atoms with Crippen molar-refractivity contribution >= 4 is 76.2 Å². The smallest absolute Gasteiger partial charge is 0.458 e. The minimum Gasteiger partial charge on any atom is -0.458 e. The van der Waals surface area contributed by atoms with Crippen molar-refractivity contribution in [1.29, 1.82) is 0 Å². The van der Waals surface area contributed by atoms with Gasteiger partial charge in [-0.3, -0.25) is 29.0 Å². The van der Waals surface area contributed by atoms with Crippen LogP contribution >= 0.6 is 34.4 Å². The van der Waals surface area contributed by atoms with Crippen LogP contribution in [0.2, 0.25) is 0 Å². The second kappa shape index (κ2) is 31.0. The van der Waals surface area contributed by atoms with Crippen LogP contribution in [-0.2, 0) is 38.1 Å². The van der Waals surface area contributed by atoms with Crippen LogP contribution in [0.25, 0.3) is 12.2 Å². The fraction of sp³-hybridized carbons (Fsp3) is 0.750. The Morgan fingerprint density at radius 3 is 1.47 bits per heavy atom. The van der Waals surface area contributed by atoms with E-state index in [9.17, 15) is 49.5 Å². The Bertz CT molecular complexity index is 2460. The number of hydrogen-bond acceptors (Lipinski definition) is 21. The molecule has 7 unspecified atom stereocenters. The van der Waals surface area contributed by atoms with E-state index in [0.717, 1.165) is 71.1 Å². The molecule has 456 valence electrons. The fourth-order valence-corrected chi connectivity index (χ4v) is 13.1. The SMILES string of the molecule is C/C(=C\c1csc(C)n1)[C@@H]1CC2[C@@H](CCCC(C)[C@H](O)C(C)C(=O)C(C)(C)C(O)CC(=O)O1)N2CCO.CSCCOC(=O)OCCN1C2C[C@@H](/C(C)=C/c3csc(C)n3)OC(=O)C[C@H](O)C(C)(C)C(=O)[C@H](C)[C@@H](O)[C@@H](C)CCC[C@H]21. The summed E-state index contributed by atoms with van der Waals surface area (Å²) in [6.45, 7) is 23.1. The molecule has 18 nitrogen and oxygen atoms in total. The van der Waals surface area contributed by atoms with E-state index in [4.69, 9.17) is 18.9 Å². The Kier molecular flexibility index (Phi) is 26.0. The number of ketones is 2. The maximum Gasteiger partial charge on any atom is 0.508 e. The molecule has 0 bridgehead atoms. The number of cyclic esters (lactones) is 2. The maximum absolute atomic E-state index is 13.4. The largest absolute Gasteiger partial charge is 0.508 e. The Labute approximate surface area is 492 Å². The zero-order chi connectivity index (χ0) is 60.1. The molecule has 0 spiro atoms. The lowest BCUT2D eigenvalue weighted by Gasteiger charge is -2.34. The first-order valence-corrected chi connectivity index (χ1v) is 32.1. The van der Waals surface area contributed by atoms with Crippen molar-refractivity contribution < 1.29 is 68.5 Å². The van der Waals surface area contributed by atoms with E-state index < -0.39 is 77.4 Å². The van der Waals surface area contributed by atoms with Crippen LogP contribution in [0.4, 0.5) is 4.79 Å². The second-order valence-electron chi connectivity index (χ2n) is 24.2. The summed E-state index contributed by atoms with van der Waals surface area (Å²) < 4.78 is 22.3. The van der Waals surface area contributed by atoms with Crippen LogP contribution < -0.4 is 0 Å². The van der Waals surface area contributed by atoms with Crippen molar-refractivity contribution in [3.8, 4) is 0 Å². The van der Waals surface area contributed by atoms with Crippen LogP contribution in [0.15, 0.2) is 21.9 Å². The van der Waals surface area contributed by atoms with E-state index in [0.29, 0.717) is 38.3 Å². The van der Waals surface area contributed by atoms with E-state index in [-0.39, 0.29) is 73.6 Å². The van der Waals surface area contributed by atoms with Crippen molar-refractivity contribution in [2.24, 2.45) is 34.5 Å². The quantitative estimate of drug-likeness (QED) is 0.0580. The first kappa shape index (κ1) is 68.1. The summed E-state index contributed by atoms with van der Waals surface area (Å²) in [5.41, 5.74) is 0.844. The van der Waals surface area contributed by atoms with Gasteiger partial charge in [-0.25, -0.2) is 14.8 Å². The van der Waals surface area contributed by atoms with Crippen molar-refractivity contribution in [2.75, 3.05) is 44.9 Å². The number of nitrogens with zero attached hydrogens (tertiary/aromatic N) is 4. The summed E-state index contributed by atoms with van der Waals surface area (Å²) in [5.74, 6) is -2.57. The number of esters is 2. The molecule has 4 saturated heterocycles. The van der Waals surface area contributed by atoms with Crippen LogP contribution in [0.5, 0.6) is 0 Å². The number of carbonyl (C=O) groups excluding carboxylic acids is 5. The van der Waals surface area contributed by atoms with Crippen LogP contribution in [0, 0.1) is 48.3 Å². The van der Waals surface area contributed by atoms with Gasteiger partial charge in [-0.2, -0.15) is 11.8 Å². The molecule has 0 amide bonds. The zero-order valence-electron chi connectivity index (χ0n) is 50.1. The van der Waals surface area contributed by atoms with Gasteiger partial charge in [-0.1, -0.05) is 68.2 Å². The number of thioether (sulfide) groups is 1. The van der Waals surface area contributed by atoms with Crippen LogP contribution in [0.1, 0.15) is 155 Å². The summed E-state index contributed by atoms with van der Waals surface area (Å²) in [6.07, 6.45) is 5.24. The van der Waals surface area contributed by atoms with Gasteiger partial charge in [-0.15, -0.1) is 22.7 Å². The van der Waals surface area contributed by atoms with E-state index >= 15 is 0 Å². The molecule has 0 aromatic carbocycles. The molecular formula is C60H94N4O14S3. The normalized spacial score (nSPS) is 33.9. The molecular weight excluding hydrogens is 1100 g/mol. The Balaban J connectivity index is 0.000000302. The van der Waals surface area contributed by atoms with E-state index in [1.807, 2.05) is 70.7 Å². The average molecular weight is 1190 g/mol. The van der Waals surface area contributed by atoms with Gasteiger partial charge in [0.15, 0.2) is 0 Å². The van der Waals surface area contributed by atoms with Gasteiger partial charge in [0.1, 0.15) is 37.0 Å². The maximum atomic E-state index is 13.4. The zero-order valence-corrected chi connectivity index (χ0v) is 52.6. The molecule has 6 rings (SSSR count). The highest BCUT2D eigenvalue weighted by Crippen LogP contribution is 2.41. The molecule has 0 saturated carbocycles. The molecule has 2 aromatic heterocycles. The highest BCUT2D eigenvalue weighted by Gasteiger charge is 2.50. The van der Waals surface area contributed by atoms with Gasteiger partial charge in [0.25, 0.3) is 0 Å². The molecule has 81 heavy (non-hydrogen) atoms. The molecule has 0 radical (unpaired) electrons. The van der Waals surface area contributed by atoms with Gasteiger partial charge in [0, 0.05) is 78.4 Å². The van der Waals surface area contributed by atoms with Crippen molar-refractivity contribution in [1.82, 2.24) is 19.8 Å². The topological polar surface area (TPSA) is 255 Å². The number of carbonyl (C=O) groups is 5. The van der Waals surface area contributed by atoms with E-state index in [1.165, 1.54) is 0 Å². The lowest BCUT2D eigenvalue weighted by Crippen LogP contribution is -2.45. The number of aryl methyl sites for hydroxylation is 2. The molecule has 4 aliphatic rings. The third kappa shape index (κ3) is 19.2. The summed E-state index contributed by atoms with van der Waals surface area (Å²) in [4.78, 5) is 78.4. The number of aromatic nitrogens is 2. The number of thiazole rings is 2. The van der Waals surface area contributed by atoms with Gasteiger partial charge in [0.2, 0.25) is 0 Å². The minimum absolute atomic E-state index is 0.0559. The van der Waals surface area contributed by atoms with Gasteiger partial charge < -0.3 is 44.5 Å². The van der Waals surface area contributed by atoms with E-state index in [2.05, 4.69) is 19.8 Å². The predicted octanol–water partition coefficient (Wildman–Crippen LogP) is 8.25. The lowest BCUT2D eigenvalue weighted by molar-refractivity contribution is -0.156. The molecule has 4 fully saturated rings. The molecule has 0 aliphatic carbocycles. The van der Waals surface area contributed by atoms with Crippen LogP contribution in [-0.4, -0.2) is 181 Å². The molecule has 16 atom stereocenters. The summed E-state index contributed by atoms with van der Waals surface area (Å²) >= 11 is 4.68. The Morgan fingerprint density at radius 2 is 1.09 bits per heavy atom. The third-order valence-corrected chi connectivity index (χ3v) is 19.5. The lowest BCUT2D eigenvalue weighted by atomic mass is 9.73. The number of β-amino-alcohol motifs (C(OH)–C–C–N with tert-alkyl or cyclic N) is 1. The van der Waals surface area contributed by atoms with Crippen molar-refractivity contribution in [2.45, 2.75) is 208 Å². The Hall–Kier alpha value is -3.64. The molecule has 6 heterocycles. The number of rotatable bonds is 12. The first-order chi connectivity index (χ1) is 38.1. The molecule has 21 heteroatoms. The monoisotopic (exact) mass is 1190 g/mol. The number of ether oxygens (including phenoxy) is 4. The fourth-order valence-electron chi connectivity index (χ4n) is 11.7. The summed E-state index contributed by atoms with van der Waals surface area (Å²) in [6, 6.07) is 0.700. The molecule has 2 aromatic rings. The van der Waals surface area contributed by atoms with Gasteiger partial charge >= 0.3 is 18.1 Å². The number of fused-ring (bicyclic) bond motifs is 2. The highest BCUT2D eigenvalue weighted by atomic mass is 32.2. The summed E-state index contributed by atoms with van der Waals surface area (Å²) in [5, 5.41) is 59.3. The molecule has 5 N–H and O–H groups in total. The summed E-state index contributed by atoms with van der Waals surface area (Å²) in [7, 11) is 0. The standard InChI is InChI=1S/C32H50N2O8S2.C28H44N2O6S/c1-19-9-8-10-24-25(34(24)11-12-40-31(39)41-13-14-43-7)16-26(20(2)15-23-18-44-22(4)33-23)42-28(36)17-27(35)32(5,6)30(38)21(3)29(19)37;1-16-8-7-9-21-22(30(21)10-11-31)13-23(17(2)12-20-15-37-19(4)29-20)36-25(33)14-24(32)28(5,6)27(35)18(3)26(16)34/h15,18-19,21,24-27,29,35,37H,8-14,16-17H2,1-7H3;12,15-16,18,21-24,26,31-32,34H,7-11,13-14H2,1-6H3/b20-15+;17-12+/t19-,21+,24+,25?,26-,27-,29-,34?;16?,18?,21-,22?,23+,24?,26+,30?/m01/s1. The number of Topliss-reactive ketones (excluding diaryl/α,β-unsaturated/α-hetero) is 2. The highest BCUT2D eigenvalue weighted by molar-refractivity contribution is 7.98. The van der Waals surface area contributed by atoms with Crippen molar-refractivity contribution in [3.05, 3.63) is 43.3 Å². The van der Waals surface area contributed by atoms with Gasteiger partial charge in [0.05, 0.1) is 76.1 Å². The van der Waals surface area contributed by atoms with Crippen LogP contribution in [0.3, 0.4) is 0 Å². The number of aliphatic hydroxyl groups is 5. The number of aliphatic hydroxyl groups excluding tert-OH is 5. The second-order valence-corrected chi connectivity index (χ2v) is 27.3. The predicted molar refractivity (Wildman–Crippen MR) is 317 cm³/mol. The Morgan fingerprint density at radius 1 is 0.679 bits per heavy atom. The molecule has 4 aliphatic heterocycles.